The molecule has 8 nitrogen and oxygen atoms in total. The lowest BCUT2D eigenvalue weighted by atomic mass is 9.93. The number of hydrogen-bond donors (Lipinski definition) is 2. The predicted octanol–water partition coefficient (Wildman–Crippen LogP) is 3.20. The highest BCUT2D eigenvalue weighted by Crippen LogP contribution is 2.29. The lowest BCUT2D eigenvalue weighted by molar-refractivity contribution is -0.133. The van der Waals surface area contributed by atoms with Crippen molar-refractivity contribution in [3.8, 4) is 0 Å². The summed E-state index contributed by atoms with van der Waals surface area (Å²) in [6, 6.07) is 14.0. The summed E-state index contributed by atoms with van der Waals surface area (Å²) in [5.74, 6) is -1.73. The van der Waals surface area contributed by atoms with Gasteiger partial charge in [0.25, 0.3) is 11.8 Å². The molecule has 0 bridgehead atoms. The number of carbonyl (C=O) groups is 3. The molecule has 188 valence electrons. The van der Waals surface area contributed by atoms with E-state index in [0.717, 1.165) is 11.1 Å². The summed E-state index contributed by atoms with van der Waals surface area (Å²) in [5, 5.41) is 5.60. The average Bonchev–Trinajstić information content (AvgIpc) is 3.29. The minimum atomic E-state index is -1.16. The van der Waals surface area contributed by atoms with Crippen LogP contribution in [0.3, 0.4) is 0 Å². The summed E-state index contributed by atoms with van der Waals surface area (Å²) in [6.07, 6.45) is 2.04. The molecule has 0 aliphatic carbocycles. The van der Waals surface area contributed by atoms with Gasteiger partial charge in [-0.05, 0) is 31.9 Å². The van der Waals surface area contributed by atoms with Crippen molar-refractivity contribution in [2.24, 2.45) is 0 Å². The van der Waals surface area contributed by atoms with Crippen LogP contribution in [-0.2, 0) is 24.4 Å². The summed E-state index contributed by atoms with van der Waals surface area (Å²) >= 11 is 0. The topological polar surface area (TPSA) is 96.3 Å². The first-order chi connectivity index (χ1) is 17.2. The largest absolute Gasteiger partial charge is 0.350 e. The fourth-order valence-electron chi connectivity index (χ4n) is 4.41. The third kappa shape index (κ3) is 4.86. The van der Waals surface area contributed by atoms with Gasteiger partial charge in [0.05, 0.1) is 12.9 Å². The van der Waals surface area contributed by atoms with Gasteiger partial charge < -0.3 is 20.1 Å². The number of benzene rings is 2. The van der Waals surface area contributed by atoms with E-state index in [1.165, 1.54) is 17.3 Å². The SMILES string of the molecule is CCCN1C(=O)c2c(C(=O)NCc3ccccc3F)ncn2C[C@]1(C)C(=O)NCc1ccc(C)cc1. The molecule has 4 rings (SSSR count). The van der Waals surface area contributed by atoms with E-state index in [1.54, 1.807) is 29.7 Å². The van der Waals surface area contributed by atoms with Crippen LogP contribution in [0.2, 0.25) is 0 Å². The maximum atomic E-state index is 13.9. The van der Waals surface area contributed by atoms with Crippen molar-refractivity contribution in [2.75, 3.05) is 6.54 Å². The molecule has 2 aromatic carbocycles. The van der Waals surface area contributed by atoms with Gasteiger partial charge in [-0.1, -0.05) is 55.0 Å². The van der Waals surface area contributed by atoms with Crippen molar-refractivity contribution in [3.63, 3.8) is 0 Å². The zero-order valence-corrected chi connectivity index (χ0v) is 20.7. The van der Waals surface area contributed by atoms with Crippen LogP contribution >= 0.6 is 0 Å². The molecule has 36 heavy (non-hydrogen) atoms. The standard InChI is InChI=1S/C27H30FN5O3/c1-4-13-33-25(35)23-22(24(34)29-15-20-7-5-6-8-21(20)28)31-17-32(23)16-27(33,3)26(36)30-14-19-11-9-18(2)10-12-19/h5-12,17H,4,13-16H2,1-3H3,(H,29,34)(H,30,36)/t27-/m1/s1. The van der Waals surface area contributed by atoms with Crippen molar-refractivity contribution in [2.45, 2.75) is 52.4 Å². The van der Waals surface area contributed by atoms with E-state index in [0.29, 0.717) is 25.1 Å². The van der Waals surface area contributed by atoms with E-state index in [-0.39, 0.29) is 30.4 Å². The number of amides is 3. The molecular weight excluding hydrogens is 461 g/mol. The number of fused-ring (bicyclic) bond motifs is 1. The third-order valence-corrected chi connectivity index (χ3v) is 6.48. The first-order valence-electron chi connectivity index (χ1n) is 12.0. The second-order valence-electron chi connectivity index (χ2n) is 9.24. The van der Waals surface area contributed by atoms with E-state index < -0.39 is 23.2 Å². The average molecular weight is 492 g/mol. The quantitative estimate of drug-likeness (QED) is 0.506. The normalized spacial score (nSPS) is 17.0. The molecule has 1 aliphatic rings. The highest BCUT2D eigenvalue weighted by molar-refractivity contribution is 6.07. The fraction of sp³-hybridized carbons (Fsp3) is 0.333. The van der Waals surface area contributed by atoms with Crippen LogP contribution in [0.4, 0.5) is 4.39 Å². The van der Waals surface area contributed by atoms with Crippen molar-refractivity contribution < 1.29 is 18.8 Å². The molecule has 0 radical (unpaired) electrons. The Kier molecular flexibility index (Phi) is 7.19. The molecule has 3 amide bonds. The molecule has 0 saturated carbocycles. The highest BCUT2D eigenvalue weighted by Gasteiger charge is 2.48. The van der Waals surface area contributed by atoms with Crippen LogP contribution in [0.25, 0.3) is 0 Å². The number of halogens is 1. The van der Waals surface area contributed by atoms with Gasteiger partial charge >= 0.3 is 0 Å². The lowest BCUT2D eigenvalue weighted by Gasteiger charge is -2.43. The van der Waals surface area contributed by atoms with E-state index >= 15 is 0 Å². The van der Waals surface area contributed by atoms with Gasteiger partial charge in [0, 0.05) is 25.2 Å². The minimum absolute atomic E-state index is 0.0379. The fourth-order valence-corrected chi connectivity index (χ4v) is 4.41. The van der Waals surface area contributed by atoms with Crippen LogP contribution in [0, 0.1) is 12.7 Å². The number of rotatable bonds is 8. The van der Waals surface area contributed by atoms with Gasteiger partial charge in [-0.25, -0.2) is 9.37 Å². The molecule has 3 aromatic rings. The van der Waals surface area contributed by atoms with Gasteiger partial charge in [0.1, 0.15) is 17.1 Å². The summed E-state index contributed by atoms with van der Waals surface area (Å²) in [4.78, 5) is 45.6. The Morgan fingerprint density at radius 3 is 2.50 bits per heavy atom. The molecular formula is C27H30FN5O3. The number of hydrogen-bond acceptors (Lipinski definition) is 4. The van der Waals surface area contributed by atoms with Gasteiger partial charge in [-0.2, -0.15) is 0 Å². The summed E-state index contributed by atoms with van der Waals surface area (Å²) in [5.41, 5.74) is 1.34. The molecule has 0 spiro atoms. The van der Waals surface area contributed by atoms with Crippen molar-refractivity contribution in [3.05, 3.63) is 88.8 Å². The zero-order valence-electron chi connectivity index (χ0n) is 20.7. The van der Waals surface area contributed by atoms with Gasteiger partial charge in [-0.3, -0.25) is 14.4 Å². The molecule has 0 unspecified atom stereocenters. The van der Waals surface area contributed by atoms with E-state index in [4.69, 9.17) is 0 Å². The monoisotopic (exact) mass is 491 g/mol. The first-order valence-corrected chi connectivity index (χ1v) is 12.0. The van der Waals surface area contributed by atoms with Gasteiger partial charge in [-0.15, -0.1) is 0 Å². The molecule has 2 heterocycles. The summed E-state index contributed by atoms with van der Waals surface area (Å²) in [7, 11) is 0. The van der Waals surface area contributed by atoms with Crippen molar-refractivity contribution >= 4 is 17.7 Å². The Morgan fingerprint density at radius 1 is 1.08 bits per heavy atom. The number of nitrogens with one attached hydrogen (secondary N) is 2. The van der Waals surface area contributed by atoms with Crippen LogP contribution in [0.15, 0.2) is 54.9 Å². The van der Waals surface area contributed by atoms with Crippen molar-refractivity contribution in [1.29, 1.82) is 0 Å². The smallest absolute Gasteiger partial charge is 0.273 e. The molecule has 1 atom stereocenters. The number of carbonyl (C=O) groups excluding carboxylic acids is 3. The summed E-state index contributed by atoms with van der Waals surface area (Å²) in [6.45, 7) is 6.44. The van der Waals surface area contributed by atoms with Crippen LogP contribution in [-0.4, -0.2) is 44.3 Å². The summed E-state index contributed by atoms with van der Waals surface area (Å²) < 4.78 is 15.5. The molecule has 2 N–H and O–H groups in total. The van der Waals surface area contributed by atoms with Crippen LogP contribution in [0.5, 0.6) is 0 Å². The maximum absolute atomic E-state index is 13.9. The zero-order chi connectivity index (χ0) is 25.9. The molecule has 1 aliphatic heterocycles. The Balaban J connectivity index is 1.54. The Bertz CT molecular complexity index is 1290. The van der Waals surface area contributed by atoms with E-state index in [2.05, 4.69) is 15.6 Å². The lowest BCUT2D eigenvalue weighted by Crippen LogP contribution is -2.64. The third-order valence-electron chi connectivity index (χ3n) is 6.48. The first kappa shape index (κ1) is 25.1. The highest BCUT2D eigenvalue weighted by atomic mass is 19.1. The Hall–Kier alpha value is -4.01. The van der Waals surface area contributed by atoms with E-state index in [9.17, 15) is 18.8 Å². The van der Waals surface area contributed by atoms with Crippen LogP contribution < -0.4 is 10.6 Å². The van der Waals surface area contributed by atoms with E-state index in [1.807, 2.05) is 38.1 Å². The van der Waals surface area contributed by atoms with Gasteiger partial charge in [0.2, 0.25) is 5.91 Å². The number of aryl methyl sites for hydroxylation is 1. The second kappa shape index (κ2) is 10.3. The van der Waals surface area contributed by atoms with Gasteiger partial charge in [0.15, 0.2) is 5.69 Å². The Labute approximate surface area is 209 Å². The van der Waals surface area contributed by atoms with Crippen molar-refractivity contribution in [1.82, 2.24) is 25.1 Å². The van der Waals surface area contributed by atoms with Crippen LogP contribution in [0.1, 0.15) is 57.9 Å². The molecule has 0 saturated heterocycles. The molecule has 1 aromatic heterocycles. The molecule has 0 fully saturated rings. The Morgan fingerprint density at radius 2 is 1.81 bits per heavy atom. The second-order valence-corrected chi connectivity index (χ2v) is 9.24. The number of imidazole rings is 1. The minimum Gasteiger partial charge on any atom is -0.350 e. The number of nitrogens with zero attached hydrogens (tertiary/aromatic N) is 3. The molecule has 9 heteroatoms. The maximum Gasteiger partial charge on any atom is 0.273 e. The number of aromatic nitrogens is 2. The predicted molar refractivity (Wildman–Crippen MR) is 133 cm³/mol.